The molecule has 156 valence electrons. The molecule has 1 N–H and O–H groups in total. The van der Waals surface area contributed by atoms with Crippen LogP contribution in [0, 0.1) is 63.7 Å². The standard InChI is InChI=1S/C20H23ClN3.C5H5.Fe/c1-2-24(15-16-6-3-4-7-16)13-5-11-22-19-10-12-23-20-14-17(21)8-9-18(19)20;1-2-4-5-3-1;/h3-4,6-10,12,14H,2,5,11,13,15H2,1H3,(H,22,23);1-5H;/q;;+2. The molecule has 2 aliphatic rings. The largest absolute Gasteiger partial charge is 2.00 e. The Hall–Kier alpha value is -0.801. The van der Waals surface area contributed by atoms with Gasteiger partial charge in [-0.05, 0) is 107 Å². The minimum absolute atomic E-state index is 0. The number of nitrogens with zero attached hydrogens (tertiary/aromatic N) is 2. The number of anilines is 1. The average Bonchev–Trinajstić information content (AvgIpc) is 3.47. The van der Waals surface area contributed by atoms with Crippen molar-refractivity contribution in [2.45, 2.75) is 13.3 Å². The predicted octanol–water partition coefficient (Wildman–Crippen LogP) is 5.44. The second kappa shape index (κ2) is 14.3. The second-order valence-corrected chi connectivity index (χ2v) is 7.36. The Morgan fingerprint density at radius 2 is 1.67 bits per heavy atom. The van der Waals surface area contributed by atoms with Crippen LogP contribution in [0.4, 0.5) is 5.69 Å². The third-order valence-electron chi connectivity index (χ3n) is 4.81. The van der Waals surface area contributed by atoms with E-state index >= 15 is 0 Å². The normalized spacial score (nSPS) is 16.4. The van der Waals surface area contributed by atoms with Gasteiger partial charge < -0.3 is 10.2 Å². The van der Waals surface area contributed by atoms with Crippen LogP contribution >= 0.6 is 11.6 Å². The van der Waals surface area contributed by atoms with Crippen LogP contribution in [0.25, 0.3) is 10.9 Å². The number of hydrogen-bond acceptors (Lipinski definition) is 3. The molecule has 2 aliphatic carbocycles. The van der Waals surface area contributed by atoms with Gasteiger partial charge in [-0.3, -0.25) is 4.98 Å². The van der Waals surface area contributed by atoms with Gasteiger partial charge in [0.2, 0.25) is 0 Å². The van der Waals surface area contributed by atoms with Crippen molar-refractivity contribution in [3.8, 4) is 0 Å². The van der Waals surface area contributed by atoms with Gasteiger partial charge in [-0.1, -0.05) is 18.5 Å². The molecule has 1 aromatic heterocycles. The summed E-state index contributed by atoms with van der Waals surface area (Å²) in [5, 5.41) is 5.37. The van der Waals surface area contributed by atoms with Crippen molar-refractivity contribution in [3.63, 3.8) is 0 Å². The van der Waals surface area contributed by atoms with Gasteiger partial charge in [0.05, 0.1) is 5.52 Å². The van der Waals surface area contributed by atoms with Crippen LogP contribution in [0.2, 0.25) is 5.02 Å². The minimum Gasteiger partial charge on any atom is -0.384 e. The summed E-state index contributed by atoms with van der Waals surface area (Å²) in [7, 11) is 0. The van der Waals surface area contributed by atoms with Crippen molar-refractivity contribution in [2.24, 2.45) is 0 Å². The molecule has 0 amide bonds. The van der Waals surface area contributed by atoms with Crippen molar-refractivity contribution in [1.82, 2.24) is 9.88 Å². The Balaban J connectivity index is 0.000000468. The van der Waals surface area contributed by atoms with Crippen molar-refractivity contribution in [3.05, 3.63) is 99.2 Å². The van der Waals surface area contributed by atoms with Crippen LogP contribution < -0.4 is 5.32 Å². The molecule has 3 nitrogen and oxygen atoms in total. The van der Waals surface area contributed by atoms with E-state index < -0.39 is 0 Å². The summed E-state index contributed by atoms with van der Waals surface area (Å²) in [6.45, 7) is 6.35. The number of hydrogen-bond donors (Lipinski definition) is 1. The summed E-state index contributed by atoms with van der Waals surface area (Å²) in [6.07, 6.45) is 21.5. The molecule has 4 rings (SSSR count). The zero-order valence-corrected chi connectivity index (χ0v) is 19.1. The summed E-state index contributed by atoms with van der Waals surface area (Å²) in [4.78, 5) is 6.86. The second-order valence-electron chi connectivity index (χ2n) is 6.92. The molecule has 1 aromatic carbocycles. The first-order valence-corrected chi connectivity index (χ1v) is 10.5. The summed E-state index contributed by atoms with van der Waals surface area (Å²) in [5.74, 6) is 1.39. The molecule has 0 saturated heterocycles. The van der Waals surface area contributed by atoms with Gasteiger partial charge in [-0.25, -0.2) is 0 Å². The number of aromatic nitrogens is 1. The monoisotopic (exact) mass is 461 g/mol. The fourth-order valence-corrected chi connectivity index (χ4v) is 3.41. The molecule has 5 heteroatoms. The quantitative estimate of drug-likeness (QED) is 0.419. The van der Waals surface area contributed by atoms with Crippen LogP contribution in [-0.2, 0) is 17.1 Å². The SMILES string of the molecule is CCN(CCCNc1ccnc2cc(Cl)ccc12)C[C]1[CH][CH][CH][CH]1.[CH]1[CH][CH][CH][CH]1.[Fe+2]. The van der Waals surface area contributed by atoms with Crippen LogP contribution in [0.15, 0.2) is 30.5 Å². The van der Waals surface area contributed by atoms with Crippen LogP contribution in [0.1, 0.15) is 13.3 Å². The zero-order chi connectivity index (χ0) is 20.3. The van der Waals surface area contributed by atoms with Gasteiger partial charge in [0, 0.05) is 35.4 Å². The Kier molecular flexibility index (Phi) is 12.1. The smallest absolute Gasteiger partial charge is 0.384 e. The van der Waals surface area contributed by atoms with Crippen LogP contribution in [-0.4, -0.2) is 36.1 Å². The number of pyridine rings is 1. The van der Waals surface area contributed by atoms with Crippen LogP contribution in [0.3, 0.4) is 0 Å². The van der Waals surface area contributed by atoms with Gasteiger partial charge in [0.1, 0.15) is 0 Å². The van der Waals surface area contributed by atoms with E-state index in [0.29, 0.717) is 0 Å². The first kappa shape index (κ1) is 25.5. The fraction of sp³-hybridized carbons (Fsp3) is 0.240. The summed E-state index contributed by atoms with van der Waals surface area (Å²) in [6, 6.07) is 7.87. The third-order valence-corrected chi connectivity index (χ3v) is 5.05. The molecule has 30 heavy (non-hydrogen) atoms. The van der Waals surface area contributed by atoms with E-state index in [1.54, 1.807) is 0 Å². The number of halogens is 1. The number of rotatable bonds is 8. The minimum atomic E-state index is 0. The maximum Gasteiger partial charge on any atom is 2.00 e. The van der Waals surface area contributed by atoms with E-state index in [4.69, 9.17) is 11.6 Å². The summed E-state index contributed by atoms with van der Waals surface area (Å²) >= 11 is 6.04. The van der Waals surface area contributed by atoms with E-state index in [9.17, 15) is 0 Å². The van der Waals surface area contributed by atoms with Gasteiger partial charge in [-0.15, -0.1) is 0 Å². The van der Waals surface area contributed by atoms with Crippen LogP contribution in [0.5, 0.6) is 0 Å². The number of nitrogens with one attached hydrogen (secondary N) is 1. The summed E-state index contributed by atoms with van der Waals surface area (Å²) in [5.41, 5.74) is 2.05. The topological polar surface area (TPSA) is 28.2 Å². The van der Waals surface area contributed by atoms with Gasteiger partial charge >= 0.3 is 17.1 Å². The Labute approximate surface area is 198 Å². The maximum atomic E-state index is 6.04. The maximum absolute atomic E-state index is 6.04. The average molecular weight is 462 g/mol. The van der Waals surface area contributed by atoms with E-state index in [-0.39, 0.29) is 17.1 Å². The molecule has 0 spiro atoms. The van der Waals surface area contributed by atoms with E-state index in [0.717, 1.165) is 54.2 Å². The molecule has 2 saturated carbocycles. The van der Waals surface area contributed by atoms with Crippen molar-refractivity contribution in [1.29, 1.82) is 0 Å². The molecule has 0 unspecified atom stereocenters. The van der Waals surface area contributed by atoms with Crippen molar-refractivity contribution >= 4 is 28.2 Å². The zero-order valence-electron chi connectivity index (χ0n) is 17.2. The van der Waals surface area contributed by atoms with E-state index in [1.807, 2.05) is 62.6 Å². The van der Waals surface area contributed by atoms with Gasteiger partial charge in [0.25, 0.3) is 0 Å². The Morgan fingerprint density at radius 3 is 2.33 bits per heavy atom. The molecule has 0 bridgehead atoms. The molecule has 0 aliphatic heterocycles. The van der Waals surface area contributed by atoms with E-state index in [2.05, 4.69) is 47.8 Å². The number of fused-ring (bicyclic) bond motifs is 1. The third kappa shape index (κ3) is 8.38. The molecule has 10 radical (unpaired) electrons. The molecule has 2 aromatic rings. The molecular weight excluding hydrogens is 434 g/mol. The Morgan fingerprint density at radius 1 is 0.967 bits per heavy atom. The molecule has 1 heterocycles. The van der Waals surface area contributed by atoms with Crippen molar-refractivity contribution in [2.75, 3.05) is 31.5 Å². The van der Waals surface area contributed by atoms with Gasteiger partial charge in [0.15, 0.2) is 0 Å². The molecular formula is C25H28ClFeN3+2. The van der Waals surface area contributed by atoms with Crippen molar-refractivity contribution < 1.29 is 17.1 Å². The number of benzene rings is 1. The predicted molar refractivity (Wildman–Crippen MR) is 124 cm³/mol. The fourth-order valence-electron chi connectivity index (χ4n) is 3.25. The molecule has 2 fully saturated rings. The van der Waals surface area contributed by atoms with E-state index in [1.165, 1.54) is 5.92 Å². The first-order valence-electron chi connectivity index (χ1n) is 10.1. The first-order chi connectivity index (χ1) is 14.3. The van der Waals surface area contributed by atoms with Gasteiger partial charge in [-0.2, -0.15) is 0 Å². The summed E-state index contributed by atoms with van der Waals surface area (Å²) < 4.78 is 0. The molecule has 0 atom stereocenters. The Bertz CT molecular complexity index is 722.